The van der Waals surface area contributed by atoms with Crippen molar-refractivity contribution < 1.29 is 13.2 Å². The second-order valence-electron chi connectivity index (χ2n) is 5.66. The SMILES string of the molecule is Cc1cccc(S(=O)(=O)n2cc(C=O)c(C)c2-c2ccccc2)c1. The van der Waals surface area contributed by atoms with Crippen LogP contribution in [0.3, 0.4) is 0 Å². The van der Waals surface area contributed by atoms with E-state index in [1.165, 1.54) is 10.2 Å². The zero-order valence-electron chi connectivity index (χ0n) is 13.4. The van der Waals surface area contributed by atoms with Gasteiger partial charge in [-0.3, -0.25) is 4.79 Å². The minimum Gasteiger partial charge on any atom is -0.298 e. The lowest BCUT2D eigenvalue weighted by atomic mass is 10.1. The van der Waals surface area contributed by atoms with Gasteiger partial charge in [-0.2, -0.15) is 0 Å². The highest BCUT2D eigenvalue weighted by Gasteiger charge is 2.24. The van der Waals surface area contributed by atoms with Crippen LogP contribution in [-0.4, -0.2) is 18.7 Å². The summed E-state index contributed by atoms with van der Waals surface area (Å²) in [6.45, 7) is 3.60. The zero-order chi connectivity index (χ0) is 17.3. The molecule has 0 aliphatic rings. The van der Waals surface area contributed by atoms with Crippen molar-refractivity contribution in [1.82, 2.24) is 3.97 Å². The van der Waals surface area contributed by atoms with Crippen molar-refractivity contribution in [2.45, 2.75) is 18.7 Å². The Morgan fingerprint density at radius 2 is 1.67 bits per heavy atom. The lowest BCUT2D eigenvalue weighted by Gasteiger charge is -2.12. The first-order valence-corrected chi connectivity index (χ1v) is 8.94. The maximum absolute atomic E-state index is 13.1. The minimum absolute atomic E-state index is 0.201. The fourth-order valence-corrected chi connectivity index (χ4v) is 4.27. The van der Waals surface area contributed by atoms with Crippen molar-refractivity contribution in [3.05, 3.63) is 77.5 Å². The normalized spacial score (nSPS) is 11.4. The van der Waals surface area contributed by atoms with Gasteiger partial charge in [0, 0.05) is 11.8 Å². The molecule has 0 radical (unpaired) electrons. The first kappa shape index (κ1) is 16.2. The van der Waals surface area contributed by atoms with Gasteiger partial charge in [-0.05, 0) is 42.7 Å². The molecular formula is C19H17NO3S. The summed E-state index contributed by atoms with van der Waals surface area (Å²) in [7, 11) is -3.79. The molecule has 1 aromatic heterocycles. The van der Waals surface area contributed by atoms with Crippen LogP contribution in [0.4, 0.5) is 0 Å². The number of carbonyl (C=O) groups is 1. The monoisotopic (exact) mass is 339 g/mol. The summed E-state index contributed by atoms with van der Waals surface area (Å²) in [6, 6.07) is 15.9. The van der Waals surface area contributed by atoms with Gasteiger partial charge in [-0.25, -0.2) is 12.4 Å². The molecule has 0 saturated heterocycles. The third-order valence-electron chi connectivity index (χ3n) is 3.99. The highest BCUT2D eigenvalue weighted by Crippen LogP contribution is 2.30. The molecule has 0 spiro atoms. The van der Waals surface area contributed by atoms with Crippen LogP contribution in [-0.2, 0) is 10.0 Å². The molecule has 0 aliphatic heterocycles. The van der Waals surface area contributed by atoms with Gasteiger partial charge < -0.3 is 0 Å². The first-order chi connectivity index (χ1) is 11.4. The van der Waals surface area contributed by atoms with Crippen LogP contribution in [0.25, 0.3) is 11.3 Å². The van der Waals surface area contributed by atoms with E-state index in [4.69, 9.17) is 0 Å². The Morgan fingerprint density at radius 3 is 2.29 bits per heavy atom. The predicted octanol–water partition coefficient (Wildman–Crippen LogP) is 3.82. The Kier molecular flexibility index (Phi) is 4.11. The summed E-state index contributed by atoms with van der Waals surface area (Å²) in [5.41, 5.74) is 3.13. The maximum atomic E-state index is 13.1. The van der Waals surface area contributed by atoms with Crippen LogP contribution in [0.1, 0.15) is 21.5 Å². The third-order valence-corrected chi connectivity index (χ3v) is 5.64. The van der Waals surface area contributed by atoms with Gasteiger partial charge in [0.2, 0.25) is 0 Å². The number of nitrogens with zero attached hydrogens (tertiary/aromatic N) is 1. The van der Waals surface area contributed by atoms with Crippen LogP contribution in [0.15, 0.2) is 65.7 Å². The standard InChI is InChI=1S/C19H17NO3S/c1-14-7-6-10-18(11-14)24(22,23)20-12-17(13-21)15(2)19(20)16-8-4-3-5-9-16/h3-13H,1-2H3. The smallest absolute Gasteiger partial charge is 0.268 e. The number of aromatic nitrogens is 1. The Hall–Kier alpha value is -2.66. The van der Waals surface area contributed by atoms with E-state index in [2.05, 4.69) is 0 Å². The van der Waals surface area contributed by atoms with Crippen LogP contribution in [0.5, 0.6) is 0 Å². The maximum Gasteiger partial charge on any atom is 0.268 e. The average Bonchev–Trinajstić information content (AvgIpc) is 2.93. The van der Waals surface area contributed by atoms with E-state index in [1.54, 1.807) is 25.1 Å². The van der Waals surface area contributed by atoms with Crippen molar-refractivity contribution in [3.63, 3.8) is 0 Å². The number of carbonyl (C=O) groups excluding carboxylic acids is 1. The Labute approximate surface area is 141 Å². The number of aryl methyl sites for hydroxylation is 1. The van der Waals surface area contributed by atoms with Gasteiger partial charge in [0.15, 0.2) is 6.29 Å². The molecule has 3 rings (SSSR count). The van der Waals surface area contributed by atoms with Crippen LogP contribution in [0, 0.1) is 13.8 Å². The molecule has 0 fully saturated rings. The van der Waals surface area contributed by atoms with Crippen molar-refractivity contribution >= 4 is 16.3 Å². The van der Waals surface area contributed by atoms with E-state index in [0.29, 0.717) is 23.1 Å². The molecule has 5 heteroatoms. The number of aldehydes is 1. The summed E-state index contributed by atoms with van der Waals surface area (Å²) in [4.78, 5) is 11.5. The highest BCUT2D eigenvalue weighted by atomic mass is 32.2. The molecule has 0 aliphatic carbocycles. The lowest BCUT2D eigenvalue weighted by Crippen LogP contribution is -2.13. The third kappa shape index (κ3) is 2.67. The Bertz CT molecular complexity index is 1000. The second-order valence-corrected chi connectivity index (χ2v) is 7.47. The Balaban J connectivity index is 2.30. The van der Waals surface area contributed by atoms with E-state index >= 15 is 0 Å². The fourth-order valence-electron chi connectivity index (χ4n) is 2.73. The van der Waals surface area contributed by atoms with Gasteiger partial charge in [0.25, 0.3) is 10.0 Å². The highest BCUT2D eigenvalue weighted by molar-refractivity contribution is 7.90. The van der Waals surface area contributed by atoms with Gasteiger partial charge in [0.05, 0.1) is 10.6 Å². The summed E-state index contributed by atoms with van der Waals surface area (Å²) < 4.78 is 27.4. The summed E-state index contributed by atoms with van der Waals surface area (Å²) in [6.07, 6.45) is 2.08. The van der Waals surface area contributed by atoms with E-state index in [-0.39, 0.29) is 4.90 Å². The van der Waals surface area contributed by atoms with Crippen molar-refractivity contribution in [1.29, 1.82) is 0 Å². The molecule has 122 valence electrons. The molecule has 3 aromatic rings. The molecule has 1 heterocycles. The molecule has 0 unspecified atom stereocenters. The number of rotatable bonds is 4. The molecule has 0 atom stereocenters. The van der Waals surface area contributed by atoms with E-state index in [9.17, 15) is 13.2 Å². The first-order valence-electron chi connectivity index (χ1n) is 7.50. The van der Waals surface area contributed by atoms with Crippen molar-refractivity contribution in [3.8, 4) is 11.3 Å². The molecule has 24 heavy (non-hydrogen) atoms. The van der Waals surface area contributed by atoms with Crippen LogP contribution in [0.2, 0.25) is 0 Å². The zero-order valence-corrected chi connectivity index (χ0v) is 14.2. The van der Waals surface area contributed by atoms with Gasteiger partial charge in [-0.15, -0.1) is 0 Å². The van der Waals surface area contributed by atoms with Crippen molar-refractivity contribution in [2.75, 3.05) is 0 Å². The molecule has 4 nitrogen and oxygen atoms in total. The lowest BCUT2D eigenvalue weighted by molar-refractivity contribution is 0.112. The molecule has 2 aromatic carbocycles. The van der Waals surface area contributed by atoms with E-state index in [0.717, 1.165) is 11.1 Å². The molecule has 0 amide bonds. The number of hydrogen-bond donors (Lipinski definition) is 0. The number of benzene rings is 2. The summed E-state index contributed by atoms with van der Waals surface area (Å²) in [5, 5.41) is 0. The molecule has 0 N–H and O–H groups in total. The quantitative estimate of drug-likeness (QED) is 0.679. The summed E-state index contributed by atoms with van der Waals surface area (Å²) in [5.74, 6) is 0. The van der Waals surface area contributed by atoms with Crippen molar-refractivity contribution in [2.24, 2.45) is 0 Å². The second kappa shape index (κ2) is 6.09. The van der Waals surface area contributed by atoms with Crippen LogP contribution >= 0.6 is 0 Å². The topological polar surface area (TPSA) is 56.1 Å². The van der Waals surface area contributed by atoms with E-state index in [1.807, 2.05) is 43.3 Å². The molecule has 0 bridgehead atoms. The Morgan fingerprint density at radius 1 is 0.958 bits per heavy atom. The minimum atomic E-state index is -3.79. The van der Waals surface area contributed by atoms with Gasteiger partial charge in [-0.1, -0.05) is 42.5 Å². The molecule has 0 saturated carbocycles. The predicted molar refractivity (Wildman–Crippen MR) is 93.8 cm³/mol. The van der Waals surface area contributed by atoms with Crippen LogP contribution < -0.4 is 0 Å². The fraction of sp³-hybridized carbons (Fsp3) is 0.105. The average molecular weight is 339 g/mol. The molecular weight excluding hydrogens is 322 g/mol. The van der Waals surface area contributed by atoms with Gasteiger partial charge in [0.1, 0.15) is 0 Å². The van der Waals surface area contributed by atoms with E-state index < -0.39 is 10.0 Å². The van der Waals surface area contributed by atoms with Gasteiger partial charge >= 0.3 is 0 Å². The summed E-state index contributed by atoms with van der Waals surface area (Å²) >= 11 is 0. The largest absolute Gasteiger partial charge is 0.298 e. The number of hydrogen-bond acceptors (Lipinski definition) is 3.